The standard InChI is InChI=1S/C44H77NO2/c1-5-7-9-11-13-15-17-19-21-23-25-27-29-31-33-35-39-43(47-44(46)41-37-38-42-45(3)4)40-36-34-32-30-28-26-24-22-20-18-16-14-12-10-8-6-2/h43H,5-13,15,17-19,21,23-25,27,29-42H2,1-4H3. The first kappa shape index (κ1) is 45.1. The predicted octanol–water partition coefficient (Wildman–Crippen LogP) is 12.6. The third kappa shape index (κ3) is 38.4. The molecule has 0 aromatic heterocycles. The number of nitrogens with zero attached hydrogens (tertiary/aromatic N) is 1. The molecule has 0 fully saturated rings. The molecule has 0 spiro atoms. The zero-order valence-corrected chi connectivity index (χ0v) is 32.0. The second-order valence-corrected chi connectivity index (χ2v) is 13.9. The lowest BCUT2D eigenvalue weighted by molar-refractivity contribution is -0.150. The average molecular weight is 652 g/mol. The Hall–Kier alpha value is -1.89. The van der Waals surface area contributed by atoms with E-state index in [1.807, 2.05) is 0 Å². The Morgan fingerprint density at radius 1 is 0.489 bits per heavy atom. The van der Waals surface area contributed by atoms with Gasteiger partial charge in [0.25, 0.3) is 0 Å². The Morgan fingerprint density at radius 3 is 1.34 bits per heavy atom. The van der Waals surface area contributed by atoms with E-state index in [2.05, 4.69) is 68.4 Å². The average Bonchev–Trinajstić information content (AvgIpc) is 3.06. The fraction of sp³-hybridized carbons (Fsp3) is 0.841. The topological polar surface area (TPSA) is 29.5 Å². The Kier molecular flexibility index (Phi) is 37.0. The van der Waals surface area contributed by atoms with Crippen molar-refractivity contribution in [2.75, 3.05) is 20.6 Å². The quantitative estimate of drug-likeness (QED) is 0.0424. The van der Waals surface area contributed by atoms with Gasteiger partial charge in [0.2, 0.25) is 0 Å². The summed E-state index contributed by atoms with van der Waals surface area (Å²) in [6, 6.07) is 0. The fourth-order valence-corrected chi connectivity index (χ4v) is 5.87. The van der Waals surface area contributed by atoms with Gasteiger partial charge in [-0.1, -0.05) is 153 Å². The van der Waals surface area contributed by atoms with Gasteiger partial charge in [-0.3, -0.25) is 4.79 Å². The van der Waals surface area contributed by atoms with Gasteiger partial charge in [-0.15, -0.1) is 11.8 Å². The van der Waals surface area contributed by atoms with E-state index in [0.29, 0.717) is 19.3 Å². The van der Waals surface area contributed by atoms with Crippen LogP contribution in [0.2, 0.25) is 0 Å². The Morgan fingerprint density at radius 2 is 0.872 bits per heavy atom. The third-order valence-corrected chi connectivity index (χ3v) is 8.88. The molecule has 0 rings (SSSR count). The molecular formula is C44H77NO2. The first-order chi connectivity index (χ1) is 23.1. The number of carbonyl (C=O) groups is 1. The van der Waals surface area contributed by atoms with Crippen molar-refractivity contribution >= 4 is 5.97 Å². The van der Waals surface area contributed by atoms with E-state index in [0.717, 1.165) is 64.3 Å². The molecule has 0 aliphatic heterocycles. The lowest BCUT2D eigenvalue weighted by Gasteiger charge is -2.18. The summed E-state index contributed by atoms with van der Waals surface area (Å²) >= 11 is 0. The van der Waals surface area contributed by atoms with Crippen LogP contribution in [-0.4, -0.2) is 37.6 Å². The van der Waals surface area contributed by atoms with Crippen LogP contribution in [0.1, 0.15) is 213 Å². The molecule has 0 saturated carbocycles. The molecule has 3 nitrogen and oxygen atoms in total. The molecule has 3 heteroatoms. The maximum atomic E-state index is 12.6. The van der Waals surface area contributed by atoms with Gasteiger partial charge in [0.15, 0.2) is 0 Å². The van der Waals surface area contributed by atoms with Gasteiger partial charge in [-0.25, -0.2) is 0 Å². The lowest BCUT2D eigenvalue weighted by Crippen LogP contribution is -2.19. The van der Waals surface area contributed by atoms with E-state index in [-0.39, 0.29) is 12.1 Å². The van der Waals surface area contributed by atoms with Gasteiger partial charge in [-0.05, 0) is 72.0 Å². The fourth-order valence-electron chi connectivity index (χ4n) is 5.87. The predicted molar refractivity (Wildman–Crippen MR) is 206 cm³/mol. The van der Waals surface area contributed by atoms with Gasteiger partial charge in [-0.2, -0.15) is 0 Å². The molecule has 270 valence electrons. The molecule has 0 aromatic rings. The highest BCUT2D eigenvalue weighted by molar-refractivity contribution is 5.69. The molecule has 47 heavy (non-hydrogen) atoms. The zero-order chi connectivity index (χ0) is 34.3. The highest BCUT2D eigenvalue weighted by atomic mass is 16.5. The van der Waals surface area contributed by atoms with Crippen LogP contribution < -0.4 is 0 Å². The van der Waals surface area contributed by atoms with E-state index >= 15 is 0 Å². The van der Waals surface area contributed by atoms with Crippen LogP contribution in [0.4, 0.5) is 0 Å². The first-order valence-electron chi connectivity index (χ1n) is 20.3. The monoisotopic (exact) mass is 652 g/mol. The van der Waals surface area contributed by atoms with Crippen molar-refractivity contribution in [3.05, 3.63) is 0 Å². The van der Waals surface area contributed by atoms with E-state index < -0.39 is 0 Å². The number of hydrogen-bond donors (Lipinski definition) is 0. The van der Waals surface area contributed by atoms with Crippen molar-refractivity contribution in [1.82, 2.24) is 4.90 Å². The molecule has 0 aromatic carbocycles. The summed E-state index contributed by atoms with van der Waals surface area (Å²) in [4.78, 5) is 14.7. The Labute approximate surface area is 294 Å². The number of hydrogen-bond acceptors (Lipinski definition) is 3. The molecule has 1 atom stereocenters. The van der Waals surface area contributed by atoms with Crippen molar-refractivity contribution in [2.24, 2.45) is 0 Å². The highest BCUT2D eigenvalue weighted by Gasteiger charge is 2.14. The van der Waals surface area contributed by atoms with Gasteiger partial charge >= 0.3 is 5.97 Å². The van der Waals surface area contributed by atoms with Gasteiger partial charge in [0, 0.05) is 19.3 Å². The third-order valence-electron chi connectivity index (χ3n) is 8.88. The van der Waals surface area contributed by atoms with Crippen molar-refractivity contribution in [3.8, 4) is 35.5 Å². The van der Waals surface area contributed by atoms with Crippen LogP contribution in [0.25, 0.3) is 0 Å². The first-order valence-corrected chi connectivity index (χ1v) is 20.3. The number of esters is 1. The second kappa shape index (κ2) is 38.6. The van der Waals surface area contributed by atoms with Crippen LogP contribution in [0.15, 0.2) is 0 Å². The highest BCUT2D eigenvalue weighted by Crippen LogP contribution is 2.18. The molecule has 0 heterocycles. The number of rotatable bonds is 31. The summed E-state index contributed by atoms with van der Waals surface area (Å²) in [5.41, 5.74) is 0. The minimum absolute atomic E-state index is 0.000278. The summed E-state index contributed by atoms with van der Waals surface area (Å²) in [6.45, 7) is 5.54. The SMILES string of the molecule is CCCCCC#CCC#CCC#CCCCCCC(CCCCCCCCCCCCCCCCCC)OC(=O)CCCCN(C)C. The number of ether oxygens (including phenoxy) is 1. The van der Waals surface area contributed by atoms with E-state index in [9.17, 15) is 4.79 Å². The van der Waals surface area contributed by atoms with Crippen molar-refractivity contribution < 1.29 is 9.53 Å². The smallest absolute Gasteiger partial charge is 0.306 e. The van der Waals surface area contributed by atoms with Crippen LogP contribution in [-0.2, 0) is 9.53 Å². The maximum absolute atomic E-state index is 12.6. The van der Waals surface area contributed by atoms with E-state index in [4.69, 9.17) is 4.74 Å². The van der Waals surface area contributed by atoms with Crippen molar-refractivity contribution in [2.45, 2.75) is 219 Å². The largest absolute Gasteiger partial charge is 0.462 e. The minimum Gasteiger partial charge on any atom is -0.462 e. The van der Waals surface area contributed by atoms with Gasteiger partial charge < -0.3 is 9.64 Å². The van der Waals surface area contributed by atoms with Crippen molar-refractivity contribution in [3.63, 3.8) is 0 Å². The van der Waals surface area contributed by atoms with Gasteiger partial charge in [0.1, 0.15) is 6.10 Å². The number of unbranched alkanes of at least 4 members (excludes halogenated alkanes) is 22. The molecular weight excluding hydrogens is 574 g/mol. The zero-order valence-electron chi connectivity index (χ0n) is 32.0. The van der Waals surface area contributed by atoms with Crippen molar-refractivity contribution in [1.29, 1.82) is 0 Å². The Balaban J connectivity index is 4.09. The van der Waals surface area contributed by atoms with Crippen LogP contribution >= 0.6 is 0 Å². The normalized spacial score (nSPS) is 11.3. The summed E-state index contributed by atoms with van der Waals surface area (Å²) in [5, 5.41) is 0. The summed E-state index contributed by atoms with van der Waals surface area (Å²) in [5.74, 6) is 19.0. The molecule has 0 saturated heterocycles. The van der Waals surface area contributed by atoms with Crippen LogP contribution in [0.3, 0.4) is 0 Å². The van der Waals surface area contributed by atoms with Crippen LogP contribution in [0, 0.1) is 35.5 Å². The molecule has 0 aliphatic carbocycles. The van der Waals surface area contributed by atoms with Crippen LogP contribution in [0.5, 0.6) is 0 Å². The molecule has 0 radical (unpaired) electrons. The summed E-state index contributed by atoms with van der Waals surface area (Å²) in [6.07, 6.45) is 37.0. The molecule has 0 bridgehead atoms. The van der Waals surface area contributed by atoms with E-state index in [1.54, 1.807) is 0 Å². The van der Waals surface area contributed by atoms with E-state index in [1.165, 1.54) is 122 Å². The molecule has 0 aliphatic rings. The number of carbonyl (C=O) groups excluding carboxylic acids is 1. The lowest BCUT2D eigenvalue weighted by atomic mass is 10.0. The Bertz CT molecular complexity index is 859. The molecule has 1 unspecified atom stereocenters. The minimum atomic E-state index is -0.000278. The van der Waals surface area contributed by atoms with Gasteiger partial charge in [0.05, 0.1) is 12.8 Å². The maximum Gasteiger partial charge on any atom is 0.306 e. The molecule has 0 amide bonds. The molecule has 0 N–H and O–H groups in total. The summed E-state index contributed by atoms with van der Waals surface area (Å²) in [7, 11) is 4.17. The summed E-state index contributed by atoms with van der Waals surface area (Å²) < 4.78 is 6.00. The second-order valence-electron chi connectivity index (χ2n) is 13.9.